The van der Waals surface area contributed by atoms with Crippen LogP contribution >= 0.6 is 0 Å². The first kappa shape index (κ1) is 20.8. The highest BCUT2D eigenvalue weighted by molar-refractivity contribution is 5.40. The fourth-order valence-corrected chi connectivity index (χ4v) is 5.82. The summed E-state index contributed by atoms with van der Waals surface area (Å²) in [4.78, 5) is 0. The lowest BCUT2D eigenvalue weighted by atomic mass is 9.53. The molecular weight excluding hydrogens is 320 g/mol. The molecule has 2 fully saturated rings. The number of phenols is 1. The maximum Gasteiger partial charge on any atom is 0.130 e. The summed E-state index contributed by atoms with van der Waals surface area (Å²) in [7, 11) is 0. The number of aliphatic hydroxyl groups is 1. The topological polar surface area (TPSA) is 40.5 Å². The second kappa shape index (κ2) is 8.05. The fourth-order valence-electron chi connectivity index (χ4n) is 5.82. The van der Waals surface area contributed by atoms with E-state index in [4.69, 9.17) is 6.42 Å². The van der Waals surface area contributed by atoms with Crippen molar-refractivity contribution in [2.24, 2.45) is 17.3 Å². The maximum atomic E-state index is 10.9. The molecule has 0 saturated heterocycles. The van der Waals surface area contributed by atoms with Gasteiger partial charge in [-0.1, -0.05) is 46.6 Å². The molecule has 5 atom stereocenters. The molecule has 3 aliphatic rings. The van der Waals surface area contributed by atoms with Gasteiger partial charge in [-0.05, 0) is 79.5 Å². The lowest BCUT2D eigenvalue weighted by molar-refractivity contribution is -0.0646. The van der Waals surface area contributed by atoms with Gasteiger partial charge in [0.25, 0.3) is 0 Å². The molecule has 1 aromatic carbocycles. The molecule has 0 heterocycles. The molecule has 0 radical (unpaired) electrons. The predicted molar refractivity (Wildman–Crippen MR) is 109 cm³/mol. The van der Waals surface area contributed by atoms with Crippen molar-refractivity contribution in [3.05, 3.63) is 29.3 Å². The Morgan fingerprint density at radius 1 is 1.08 bits per heavy atom. The molecule has 1 aromatic rings. The van der Waals surface area contributed by atoms with Crippen LogP contribution in [0.5, 0.6) is 5.75 Å². The van der Waals surface area contributed by atoms with Crippen molar-refractivity contribution in [3.63, 3.8) is 0 Å². The molecule has 4 rings (SSSR count). The lowest BCUT2D eigenvalue weighted by Gasteiger charge is -2.52. The second-order valence-corrected chi connectivity index (χ2v) is 7.80. The Morgan fingerprint density at radius 2 is 1.77 bits per heavy atom. The van der Waals surface area contributed by atoms with E-state index in [2.05, 4.69) is 18.9 Å². The Balaban J connectivity index is 0.000000570. The number of hydrogen-bond donors (Lipinski definition) is 2. The first-order valence-electron chi connectivity index (χ1n) is 10.5. The number of rotatable bonds is 0. The van der Waals surface area contributed by atoms with Crippen LogP contribution in [0.2, 0.25) is 0 Å². The fraction of sp³-hybridized carbons (Fsp3) is 0.667. The lowest BCUT2D eigenvalue weighted by Crippen LogP contribution is -2.50. The second-order valence-electron chi connectivity index (χ2n) is 7.80. The smallest absolute Gasteiger partial charge is 0.130 e. The van der Waals surface area contributed by atoms with E-state index in [1.807, 2.05) is 39.8 Å². The van der Waals surface area contributed by atoms with Crippen LogP contribution in [-0.4, -0.2) is 15.8 Å². The van der Waals surface area contributed by atoms with Crippen molar-refractivity contribution in [1.29, 1.82) is 0 Å². The van der Waals surface area contributed by atoms with Gasteiger partial charge in [0.15, 0.2) is 0 Å². The Labute approximate surface area is 160 Å². The highest BCUT2D eigenvalue weighted by Gasteiger charge is 2.61. The summed E-state index contributed by atoms with van der Waals surface area (Å²) in [5.74, 6) is 4.82. The standard InChI is InChI=1S/C20H24O2.2C2H6/c1-3-20(22)11-9-18-17-6-4-13-12-14(21)5-7-15(13)16(17)8-10-19(18,20)2;2*1-2/h1,5,7,12,16-18,21-22H,4,6,8-11H2,2H3;2*1-2H3. The third-order valence-electron chi connectivity index (χ3n) is 7.10. The van der Waals surface area contributed by atoms with Crippen molar-refractivity contribution < 1.29 is 10.2 Å². The highest BCUT2D eigenvalue weighted by Crippen LogP contribution is 2.64. The van der Waals surface area contributed by atoms with Crippen LogP contribution in [0.4, 0.5) is 0 Å². The van der Waals surface area contributed by atoms with E-state index in [-0.39, 0.29) is 5.41 Å². The zero-order valence-electron chi connectivity index (χ0n) is 17.2. The van der Waals surface area contributed by atoms with Gasteiger partial charge in [-0.25, -0.2) is 0 Å². The van der Waals surface area contributed by atoms with Gasteiger partial charge >= 0.3 is 0 Å². The van der Waals surface area contributed by atoms with Crippen molar-refractivity contribution in [2.45, 2.75) is 84.7 Å². The van der Waals surface area contributed by atoms with Crippen LogP contribution in [0.15, 0.2) is 18.2 Å². The largest absolute Gasteiger partial charge is 0.508 e. The van der Waals surface area contributed by atoms with E-state index in [0.29, 0.717) is 23.5 Å². The molecule has 2 N–H and O–H groups in total. The minimum Gasteiger partial charge on any atom is -0.508 e. The van der Waals surface area contributed by atoms with E-state index < -0.39 is 5.60 Å². The van der Waals surface area contributed by atoms with Crippen molar-refractivity contribution in [2.75, 3.05) is 0 Å². The van der Waals surface area contributed by atoms with E-state index >= 15 is 0 Å². The SMILES string of the molecule is C#CC1(O)CCC2C3CCc4cc(O)ccc4C3CCC21C.CC.CC. The van der Waals surface area contributed by atoms with Gasteiger partial charge in [0, 0.05) is 5.41 Å². The van der Waals surface area contributed by atoms with Gasteiger partial charge in [0.2, 0.25) is 0 Å². The van der Waals surface area contributed by atoms with Crippen molar-refractivity contribution in [1.82, 2.24) is 0 Å². The average molecular weight is 357 g/mol. The highest BCUT2D eigenvalue weighted by atomic mass is 16.3. The minimum atomic E-state index is -0.919. The van der Waals surface area contributed by atoms with E-state index in [1.165, 1.54) is 11.1 Å². The molecule has 5 unspecified atom stereocenters. The Morgan fingerprint density at radius 3 is 2.42 bits per heavy atom. The van der Waals surface area contributed by atoms with E-state index in [9.17, 15) is 10.2 Å². The summed E-state index contributed by atoms with van der Waals surface area (Å²) in [5, 5.41) is 20.6. The summed E-state index contributed by atoms with van der Waals surface area (Å²) in [6, 6.07) is 5.87. The first-order valence-corrected chi connectivity index (χ1v) is 10.5. The normalized spacial score (nSPS) is 36.7. The number of hydrogen-bond acceptors (Lipinski definition) is 2. The Bertz CT molecular complexity index is 659. The van der Waals surface area contributed by atoms with Gasteiger partial charge in [0.05, 0.1) is 0 Å². The zero-order chi connectivity index (χ0) is 19.5. The predicted octanol–water partition coefficient (Wildman–Crippen LogP) is 5.67. The van der Waals surface area contributed by atoms with Crippen molar-refractivity contribution >= 4 is 0 Å². The molecule has 2 heteroatoms. The molecular formula is C24H36O2. The molecule has 0 aliphatic heterocycles. The summed E-state index contributed by atoms with van der Waals surface area (Å²) in [6.07, 6.45) is 11.8. The number of aromatic hydroxyl groups is 1. The Kier molecular flexibility index (Phi) is 6.46. The van der Waals surface area contributed by atoms with E-state index in [1.54, 1.807) is 0 Å². The first-order chi connectivity index (χ1) is 12.5. The maximum absolute atomic E-state index is 10.9. The summed E-state index contributed by atoms with van der Waals surface area (Å²) in [5.41, 5.74) is 1.69. The Hall–Kier alpha value is -1.46. The van der Waals surface area contributed by atoms with Gasteiger partial charge in [-0.3, -0.25) is 0 Å². The van der Waals surface area contributed by atoms with Crippen LogP contribution in [0.1, 0.15) is 83.8 Å². The molecule has 2 nitrogen and oxygen atoms in total. The molecule has 0 spiro atoms. The number of fused-ring (bicyclic) bond motifs is 5. The molecule has 2 saturated carbocycles. The summed E-state index contributed by atoms with van der Waals surface area (Å²) in [6.45, 7) is 10.2. The molecule has 26 heavy (non-hydrogen) atoms. The average Bonchev–Trinajstić information content (AvgIpc) is 2.96. The van der Waals surface area contributed by atoms with Crippen LogP contribution < -0.4 is 0 Å². The summed E-state index contributed by atoms with van der Waals surface area (Å²) >= 11 is 0. The number of phenolic OH excluding ortho intramolecular Hbond substituents is 1. The molecule has 144 valence electrons. The zero-order valence-corrected chi connectivity index (χ0v) is 17.2. The third kappa shape index (κ3) is 3.05. The third-order valence-corrected chi connectivity index (χ3v) is 7.10. The van der Waals surface area contributed by atoms with Crippen molar-refractivity contribution in [3.8, 4) is 18.1 Å². The summed E-state index contributed by atoms with van der Waals surface area (Å²) < 4.78 is 0. The van der Waals surface area contributed by atoms with Gasteiger partial charge in [0.1, 0.15) is 11.4 Å². The van der Waals surface area contributed by atoms with E-state index in [0.717, 1.165) is 38.5 Å². The van der Waals surface area contributed by atoms with Gasteiger partial charge in [-0.15, -0.1) is 6.42 Å². The minimum absolute atomic E-state index is 0.128. The van der Waals surface area contributed by atoms with Crippen LogP contribution in [0.3, 0.4) is 0 Å². The molecule has 0 amide bonds. The van der Waals surface area contributed by atoms with Crippen LogP contribution in [-0.2, 0) is 6.42 Å². The molecule has 0 bridgehead atoms. The monoisotopic (exact) mass is 356 g/mol. The number of aryl methyl sites for hydroxylation is 1. The van der Waals surface area contributed by atoms with Crippen LogP contribution in [0.25, 0.3) is 0 Å². The number of benzene rings is 1. The number of terminal acetylenes is 1. The van der Waals surface area contributed by atoms with Gasteiger partial charge < -0.3 is 10.2 Å². The quantitative estimate of drug-likeness (QED) is 0.588. The van der Waals surface area contributed by atoms with Gasteiger partial charge in [-0.2, -0.15) is 0 Å². The molecule has 0 aromatic heterocycles. The molecule has 3 aliphatic carbocycles. The van der Waals surface area contributed by atoms with Crippen LogP contribution in [0, 0.1) is 29.6 Å².